The Balaban J connectivity index is 1.92. The van der Waals surface area contributed by atoms with Gasteiger partial charge in [-0.3, -0.25) is 19.3 Å². The average molecular weight is 425 g/mol. The number of hydrogen-bond acceptors (Lipinski definition) is 6. The van der Waals surface area contributed by atoms with Gasteiger partial charge in [-0.2, -0.15) is 0 Å². The van der Waals surface area contributed by atoms with Crippen molar-refractivity contribution in [1.82, 2.24) is 15.2 Å². The summed E-state index contributed by atoms with van der Waals surface area (Å²) < 4.78 is 5.06. The SMILES string of the molecule is CC(C)CC[C@]1(C)NC(=O)N(CC(=O)O[C@H](C)C(=O)Nc2cccnc2Cl)C1=O. The summed E-state index contributed by atoms with van der Waals surface area (Å²) in [5, 5.41) is 5.23. The third-order valence-corrected chi connectivity index (χ3v) is 4.85. The third-order valence-electron chi connectivity index (χ3n) is 4.55. The lowest BCUT2D eigenvalue weighted by Crippen LogP contribution is -2.44. The van der Waals surface area contributed by atoms with Crippen LogP contribution >= 0.6 is 11.6 Å². The smallest absolute Gasteiger partial charge is 0.327 e. The van der Waals surface area contributed by atoms with Gasteiger partial charge >= 0.3 is 12.0 Å². The minimum Gasteiger partial charge on any atom is -0.451 e. The molecule has 1 aliphatic rings. The van der Waals surface area contributed by atoms with Gasteiger partial charge in [0.15, 0.2) is 11.3 Å². The number of pyridine rings is 1. The molecule has 0 spiro atoms. The lowest BCUT2D eigenvalue weighted by molar-refractivity contribution is -0.155. The van der Waals surface area contributed by atoms with Crippen molar-refractivity contribution in [2.45, 2.75) is 52.2 Å². The summed E-state index contributed by atoms with van der Waals surface area (Å²) in [6.07, 6.45) is 1.52. The zero-order valence-electron chi connectivity index (χ0n) is 16.8. The maximum atomic E-state index is 12.6. The van der Waals surface area contributed by atoms with Crippen molar-refractivity contribution < 1.29 is 23.9 Å². The molecular formula is C19H25ClN4O5. The Bertz CT molecular complexity index is 816. The van der Waals surface area contributed by atoms with Gasteiger partial charge < -0.3 is 15.4 Å². The third kappa shape index (κ3) is 5.66. The minimum atomic E-state index is -1.16. The van der Waals surface area contributed by atoms with E-state index in [0.29, 0.717) is 12.3 Å². The first-order valence-corrected chi connectivity index (χ1v) is 9.66. The van der Waals surface area contributed by atoms with Crippen molar-refractivity contribution in [1.29, 1.82) is 0 Å². The Hall–Kier alpha value is -2.68. The number of carbonyl (C=O) groups excluding carboxylic acids is 4. The molecule has 0 radical (unpaired) electrons. The molecule has 0 aromatic carbocycles. The molecule has 2 rings (SSSR count). The number of anilines is 1. The number of nitrogens with zero attached hydrogens (tertiary/aromatic N) is 2. The summed E-state index contributed by atoms with van der Waals surface area (Å²) in [5.41, 5.74) is -0.779. The quantitative estimate of drug-likeness (QED) is 0.375. The molecule has 1 saturated heterocycles. The van der Waals surface area contributed by atoms with Crippen LogP contribution in [-0.2, 0) is 19.1 Å². The molecule has 0 saturated carbocycles. The summed E-state index contributed by atoms with van der Waals surface area (Å²) >= 11 is 5.87. The van der Waals surface area contributed by atoms with Crippen molar-refractivity contribution >= 4 is 41.1 Å². The Morgan fingerprint density at radius 2 is 2.03 bits per heavy atom. The van der Waals surface area contributed by atoms with Crippen LogP contribution < -0.4 is 10.6 Å². The summed E-state index contributed by atoms with van der Waals surface area (Å²) in [5.74, 6) is -1.61. The van der Waals surface area contributed by atoms with Gasteiger partial charge in [-0.05, 0) is 44.7 Å². The van der Waals surface area contributed by atoms with E-state index in [1.807, 2.05) is 13.8 Å². The number of hydrogen-bond donors (Lipinski definition) is 2. The van der Waals surface area contributed by atoms with Crippen LogP contribution in [0, 0.1) is 5.92 Å². The van der Waals surface area contributed by atoms with E-state index in [1.165, 1.54) is 13.1 Å². The Morgan fingerprint density at radius 3 is 2.66 bits per heavy atom. The van der Waals surface area contributed by atoms with Crippen LogP contribution in [0.5, 0.6) is 0 Å². The monoisotopic (exact) mass is 424 g/mol. The molecule has 1 aromatic rings. The number of esters is 1. The van der Waals surface area contributed by atoms with Crippen LogP contribution in [0.15, 0.2) is 18.3 Å². The van der Waals surface area contributed by atoms with Crippen LogP contribution in [0.3, 0.4) is 0 Å². The highest BCUT2D eigenvalue weighted by Gasteiger charge is 2.48. The summed E-state index contributed by atoms with van der Waals surface area (Å²) in [6.45, 7) is 6.47. The van der Waals surface area contributed by atoms with E-state index in [1.54, 1.807) is 19.1 Å². The number of carbonyl (C=O) groups is 4. The summed E-state index contributed by atoms with van der Waals surface area (Å²) in [6, 6.07) is 2.48. The van der Waals surface area contributed by atoms with Crippen molar-refractivity contribution in [3.63, 3.8) is 0 Å². The summed E-state index contributed by atoms with van der Waals surface area (Å²) in [7, 11) is 0. The minimum absolute atomic E-state index is 0.0967. The zero-order chi connectivity index (χ0) is 21.8. The molecule has 4 amide bonds. The summed E-state index contributed by atoms with van der Waals surface area (Å²) in [4.78, 5) is 53.8. The lowest BCUT2D eigenvalue weighted by atomic mass is 9.92. The van der Waals surface area contributed by atoms with E-state index >= 15 is 0 Å². The predicted octanol–water partition coefficient (Wildman–Crippen LogP) is 2.35. The first-order chi connectivity index (χ1) is 13.5. The van der Waals surface area contributed by atoms with E-state index in [4.69, 9.17) is 16.3 Å². The van der Waals surface area contributed by atoms with E-state index in [9.17, 15) is 19.2 Å². The molecule has 10 heteroatoms. The second kappa shape index (κ2) is 9.21. The standard InChI is InChI=1S/C19H25ClN4O5/c1-11(2)7-8-19(4)17(27)24(18(28)23-19)10-14(25)29-12(3)16(26)22-13-6-5-9-21-15(13)20/h5-6,9,11-12H,7-8,10H2,1-4H3,(H,22,26)(H,23,28)/t12-,19+/m1/s1. The number of halogens is 1. The van der Waals surface area contributed by atoms with E-state index < -0.39 is 42.0 Å². The van der Waals surface area contributed by atoms with Gasteiger partial charge in [0.1, 0.15) is 12.1 Å². The maximum absolute atomic E-state index is 12.6. The first kappa shape index (κ1) is 22.6. The predicted molar refractivity (Wildman–Crippen MR) is 106 cm³/mol. The van der Waals surface area contributed by atoms with E-state index in [2.05, 4.69) is 15.6 Å². The number of urea groups is 1. The second-order valence-electron chi connectivity index (χ2n) is 7.55. The van der Waals surface area contributed by atoms with E-state index in [0.717, 1.165) is 11.3 Å². The molecular weight excluding hydrogens is 400 g/mol. The second-order valence-corrected chi connectivity index (χ2v) is 7.91. The molecule has 1 aromatic heterocycles. The molecule has 2 atom stereocenters. The van der Waals surface area contributed by atoms with Crippen molar-refractivity contribution in [3.05, 3.63) is 23.5 Å². The average Bonchev–Trinajstić information content (AvgIpc) is 2.85. The fourth-order valence-electron chi connectivity index (χ4n) is 2.77. The van der Waals surface area contributed by atoms with Gasteiger partial charge in [0.2, 0.25) is 0 Å². The number of imide groups is 1. The van der Waals surface area contributed by atoms with Gasteiger partial charge in [-0.1, -0.05) is 25.4 Å². The molecule has 9 nitrogen and oxygen atoms in total. The molecule has 1 fully saturated rings. The van der Waals surface area contributed by atoms with Gasteiger partial charge in [0.05, 0.1) is 5.69 Å². The van der Waals surface area contributed by atoms with Crippen LogP contribution in [0.2, 0.25) is 5.15 Å². The fourth-order valence-corrected chi connectivity index (χ4v) is 2.93. The Morgan fingerprint density at radius 1 is 1.34 bits per heavy atom. The molecule has 1 aliphatic heterocycles. The fraction of sp³-hybridized carbons (Fsp3) is 0.526. The number of ether oxygens (including phenoxy) is 1. The molecule has 0 bridgehead atoms. The number of aromatic nitrogens is 1. The highest BCUT2D eigenvalue weighted by Crippen LogP contribution is 2.24. The van der Waals surface area contributed by atoms with Crippen LogP contribution in [0.4, 0.5) is 10.5 Å². The topological polar surface area (TPSA) is 118 Å². The Kier molecular flexibility index (Phi) is 7.18. The zero-order valence-corrected chi connectivity index (χ0v) is 17.6. The normalized spacial score (nSPS) is 19.9. The number of rotatable bonds is 8. The molecule has 0 unspecified atom stereocenters. The van der Waals surface area contributed by atoms with Crippen LogP contribution in [-0.4, -0.2) is 51.9 Å². The first-order valence-electron chi connectivity index (χ1n) is 9.28. The van der Waals surface area contributed by atoms with E-state index in [-0.39, 0.29) is 10.8 Å². The molecule has 158 valence electrons. The molecule has 2 heterocycles. The largest absolute Gasteiger partial charge is 0.451 e. The number of amides is 4. The van der Waals surface area contributed by atoms with Gasteiger partial charge in [0.25, 0.3) is 11.8 Å². The lowest BCUT2D eigenvalue weighted by Gasteiger charge is -2.22. The van der Waals surface area contributed by atoms with Gasteiger partial charge in [-0.15, -0.1) is 0 Å². The van der Waals surface area contributed by atoms with Crippen molar-refractivity contribution in [3.8, 4) is 0 Å². The Labute approximate surface area is 174 Å². The van der Waals surface area contributed by atoms with Gasteiger partial charge in [-0.25, -0.2) is 9.78 Å². The van der Waals surface area contributed by atoms with Crippen LogP contribution in [0.1, 0.15) is 40.5 Å². The highest BCUT2D eigenvalue weighted by molar-refractivity contribution is 6.32. The molecule has 0 aliphatic carbocycles. The molecule has 29 heavy (non-hydrogen) atoms. The molecule has 2 N–H and O–H groups in total. The maximum Gasteiger partial charge on any atom is 0.327 e. The van der Waals surface area contributed by atoms with Crippen molar-refractivity contribution in [2.24, 2.45) is 5.92 Å². The van der Waals surface area contributed by atoms with Crippen LogP contribution in [0.25, 0.3) is 0 Å². The van der Waals surface area contributed by atoms with Gasteiger partial charge in [0, 0.05) is 6.20 Å². The highest BCUT2D eigenvalue weighted by atomic mass is 35.5. The van der Waals surface area contributed by atoms with Crippen molar-refractivity contribution in [2.75, 3.05) is 11.9 Å². The number of nitrogens with one attached hydrogen (secondary N) is 2.